The van der Waals surface area contributed by atoms with Crippen LogP contribution in [0.5, 0.6) is 0 Å². The molecular weight excluding hydrogens is 186 g/mol. The highest BCUT2D eigenvalue weighted by Crippen LogP contribution is 2.03. The van der Waals surface area contributed by atoms with Gasteiger partial charge in [-0.05, 0) is 12.6 Å². The van der Waals surface area contributed by atoms with E-state index in [1.165, 1.54) is 11.1 Å². The highest BCUT2D eigenvalue weighted by molar-refractivity contribution is 5.15. The van der Waals surface area contributed by atoms with Gasteiger partial charge in [0.05, 0.1) is 12.7 Å². The summed E-state index contributed by atoms with van der Waals surface area (Å²) in [6.07, 6.45) is 3.98. The molecule has 0 saturated carbocycles. The molecule has 0 aliphatic rings. The molecule has 0 saturated heterocycles. The second kappa shape index (κ2) is 4.75. The fraction of sp³-hybridized carbons (Fsp3) is 0.250. The van der Waals surface area contributed by atoms with Crippen LogP contribution in [0.3, 0.4) is 0 Å². The minimum absolute atomic E-state index is 0.838. The monoisotopic (exact) mass is 201 g/mol. The molecule has 1 N–H and O–H groups in total. The first-order valence-corrected chi connectivity index (χ1v) is 5.08. The normalized spacial score (nSPS) is 10.5. The summed E-state index contributed by atoms with van der Waals surface area (Å²) in [6, 6.07) is 10.3. The van der Waals surface area contributed by atoms with Crippen LogP contribution in [0.2, 0.25) is 0 Å². The van der Waals surface area contributed by atoms with E-state index in [4.69, 9.17) is 0 Å². The Balaban J connectivity index is 2.05. The molecule has 0 spiro atoms. The first-order valence-electron chi connectivity index (χ1n) is 5.08. The highest BCUT2D eigenvalue weighted by Gasteiger charge is 1.98. The van der Waals surface area contributed by atoms with Gasteiger partial charge >= 0.3 is 0 Å². The minimum Gasteiger partial charge on any atom is -0.316 e. The van der Waals surface area contributed by atoms with Crippen molar-refractivity contribution < 1.29 is 0 Å². The summed E-state index contributed by atoms with van der Waals surface area (Å²) < 4.78 is 1.96. The Morgan fingerprint density at radius 3 is 2.73 bits per heavy atom. The number of aromatic nitrogens is 2. The maximum atomic E-state index is 4.31. The number of nitrogens with one attached hydrogen (secondary N) is 1. The Morgan fingerprint density at radius 1 is 1.20 bits per heavy atom. The molecule has 0 radical (unpaired) electrons. The van der Waals surface area contributed by atoms with Crippen LogP contribution in [0.1, 0.15) is 11.1 Å². The predicted octanol–water partition coefficient (Wildman–Crippen LogP) is 1.65. The molecular formula is C12H15N3. The number of nitrogens with zero attached hydrogens (tertiary/aromatic N) is 2. The zero-order chi connectivity index (χ0) is 10.5. The standard InChI is InChI=1S/C12H15N3/c1-13-7-12-8-14-15(10-12)9-11-5-3-2-4-6-11/h2-6,8,10,13H,7,9H2,1H3. The quantitative estimate of drug-likeness (QED) is 0.815. The molecule has 78 valence electrons. The van der Waals surface area contributed by atoms with Gasteiger partial charge in [0, 0.05) is 18.3 Å². The highest BCUT2D eigenvalue weighted by atomic mass is 15.3. The maximum absolute atomic E-state index is 4.31. The Morgan fingerprint density at radius 2 is 2.00 bits per heavy atom. The number of hydrogen-bond donors (Lipinski definition) is 1. The zero-order valence-electron chi connectivity index (χ0n) is 8.85. The molecule has 2 rings (SSSR count). The largest absolute Gasteiger partial charge is 0.316 e. The van der Waals surface area contributed by atoms with Crippen LogP contribution in [0, 0.1) is 0 Å². The van der Waals surface area contributed by atoms with Gasteiger partial charge < -0.3 is 5.32 Å². The zero-order valence-corrected chi connectivity index (χ0v) is 8.85. The van der Waals surface area contributed by atoms with E-state index in [0.717, 1.165) is 13.1 Å². The van der Waals surface area contributed by atoms with E-state index in [0.29, 0.717) is 0 Å². The molecule has 3 heteroatoms. The second-order valence-electron chi connectivity index (χ2n) is 3.56. The van der Waals surface area contributed by atoms with Crippen molar-refractivity contribution in [3.05, 3.63) is 53.9 Å². The van der Waals surface area contributed by atoms with Gasteiger partial charge in [-0.15, -0.1) is 0 Å². The molecule has 1 aromatic heterocycles. The molecule has 1 aromatic carbocycles. The summed E-state index contributed by atoms with van der Waals surface area (Å²) in [5.41, 5.74) is 2.49. The predicted molar refractivity (Wildman–Crippen MR) is 60.5 cm³/mol. The Labute approximate surface area is 89.7 Å². The fourth-order valence-corrected chi connectivity index (χ4v) is 1.56. The van der Waals surface area contributed by atoms with Gasteiger partial charge in [0.2, 0.25) is 0 Å². The summed E-state index contributed by atoms with van der Waals surface area (Å²) in [5, 5.41) is 7.41. The van der Waals surface area contributed by atoms with Crippen LogP contribution < -0.4 is 5.32 Å². The van der Waals surface area contributed by atoms with E-state index in [-0.39, 0.29) is 0 Å². The SMILES string of the molecule is CNCc1cnn(Cc2ccccc2)c1. The van der Waals surface area contributed by atoms with Crippen LogP contribution in [0.15, 0.2) is 42.7 Å². The van der Waals surface area contributed by atoms with E-state index in [1.807, 2.05) is 36.1 Å². The summed E-state index contributed by atoms with van der Waals surface area (Å²) in [6.45, 7) is 1.71. The Hall–Kier alpha value is -1.61. The summed E-state index contributed by atoms with van der Waals surface area (Å²) in [5.74, 6) is 0. The number of hydrogen-bond acceptors (Lipinski definition) is 2. The number of rotatable bonds is 4. The van der Waals surface area contributed by atoms with Crippen molar-refractivity contribution in [2.75, 3.05) is 7.05 Å². The van der Waals surface area contributed by atoms with Crippen molar-refractivity contribution in [2.24, 2.45) is 0 Å². The molecule has 3 nitrogen and oxygen atoms in total. The van der Waals surface area contributed by atoms with E-state index in [2.05, 4.69) is 28.7 Å². The molecule has 0 aliphatic heterocycles. The van der Waals surface area contributed by atoms with Gasteiger partial charge in [-0.2, -0.15) is 5.10 Å². The Bertz CT molecular complexity index is 406. The number of benzene rings is 1. The molecule has 0 fully saturated rings. The van der Waals surface area contributed by atoms with Crippen LogP contribution in [0.4, 0.5) is 0 Å². The first kappa shape index (κ1) is 9.93. The molecule has 0 aliphatic carbocycles. The van der Waals surface area contributed by atoms with Gasteiger partial charge in [-0.25, -0.2) is 0 Å². The lowest BCUT2D eigenvalue weighted by molar-refractivity contribution is 0.685. The van der Waals surface area contributed by atoms with Gasteiger partial charge in [-0.3, -0.25) is 4.68 Å². The third kappa shape index (κ3) is 2.67. The molecule has 0 atom stereocenters. The van der Waals surface area contributed by atoms with E-state index in [1.54, 1.807) is 0 Å². The van der Waals surface area contributed by atoms with Crippen LogP contribution in [-0.2, 0) is 13.1 Å². The van der Waals surface area contributed by atoms with Gasteiger partial charge in [0.25, 0.3) is 0 Å². The van der Waals surface area contributed by atoms with Crippen molar-refractivity contribution in [1.29, 1.82) is 0 Å². The first-order chi connectivity index (χ1) is 7.38. The summed E-state index contributed by atoms with van der Waals surface area (Å²) in [4.78, 5) is 0. The average Bonchev–Trinajstić information content (AvgIpc) is 2.68. The lowest BCUT2D eigenvalue weighted by Crippen LogP contribution is -2.04. The summed E-state index contributed by atoms with van der Waals surface area (Å²) in [7, 11) is 1.94. The van der Waals surface area contributed by atoms with E-state index < -0.39 is 0 Å². The molecule has 2 aromatic rings. The third-order valence-electron chi connectivity index (χ3n) is 2.26. The molecule has 0 unspecified atom stereocenters. The van der Waals surface area contributed by atoms with Crippen molar-refractivity contribution in [3.8, 4) is 0 Å². The molecule has 15 heavy (non-hydrogen) atoms. The van der Waals surface area contributed by atoms with Crippen molar-refractivity contribution in [2.45, 2.75) is 13.1 Å². The Kier molecular flexibility index (Phi) is 3.15. The van der Waals surface area contributed by atoms with Crippen molar-refractivity contribution >= 4 is 0 Å². The maximum Gasteiger partial charge on any atom is 0.0659 e. The molecule has 0 bridgehead atoms. The van der Waals surface area contributed by atoms with Crippen molar-refractivity contribution in [3.63, 3.8) is 0 Å². The van der Waals surface area contributed by atoms with Crippen molar-refractivity contribution in [1.82, 2.24) is 15.1 Å². The lowest BCUT2D eigenvalue weighted by Gasteiger charge is -2.00. The molecule has 0 amide bonds. The topological polar surface area (TPSA) is 29.9 Å². The van der Waals surface area contributed by atoms with E-state index in [9.17, 15) is 0 Å². The van der Waals surface area contributed by atoms with E-state index >= 15 is 0 Å². The van der Waals surface area contributed by atoms with Crippen LogP contribution in [-0.4, -0.2) is 16.8 Å². The lowest BCUT2D eigenvalue weighted by atomic mass is 10.2. The third-order valence-corrected chi connectivity index (χ3v) is 2.26. The average molecular weight is 201 g/mol. The van der Waals surface area contributed by atoms with Crippen LogP contribution >= 0.6 is 0 Å². The smallest absolute Gasteiger partial charge is 0.0659 e. The molecule has 1 heterocycles. The summed E-state index contributed by atoms with van der Waals surface area (Å²) >= 11 is 0. The minimum atomic E-state index is 0.838. The van der Waals surface area contributed by atoms with Crippen LogP contribution in [0.25, 0.3) is 0 Å². The fourth-order valence-electron chi connectivity index (χ4n) is 1.56. The van der Waals surface area contributed by atoms with Gasteiger partial charge in [0.15, 0.2) is 0 Å². The van der Waals surface area contributed by atoms with Gasteiger partial charge in [0.1, 0.15) is 0 Å². The second-order valence-corrected chi connectivity index (χ2v) is 3.56. The van der Waals surface area contributed by atoms with Gasteiger partial charge in [-0.1, -0.05) is 30.3 Å².